The number of rotatable bonds is 7. The van der Waals surface area contributed by atoms with E-state index in [1.54, 1.807) is 45.9 Å². The van der Waals surface area contributed by atoms with Crippen molar-refractivity contribution in [2.75, 3.05) is 21.3 Å². The molecule has 24 heavy (non-hydrogen) atoms. The fourth-order valence-corrected chi connectivity index (χ4v) is 2.09. The third-order valence-corrected chi connectivity index (χ3v) is 3.31. The van der Waals surface area contributed by atoms with E-state index < -0.39 is 0 Å². The molecular weight excluding hydrogens is 330 g/mol. The lowest BCUT2D eigenvalue weighted by molar-refractivity contribution is 0.324. The molecule has 1 heterocycles. The normalized spacial score (nSPS) is 10.5. The molecule has 1 aromatic carbocycles. The number of ether oxygens (including phenoxy) is 3. The smallest absolute Gasteiger partial charge is 0.203 e. The Kier molecular flexibility index (Phi) is 6.44. The van der Waals surface area contributed by atoms with Crippen LogP contribution in [0.4, 0.5) is 0 Å². The van der Waals surface area contributed by atoms with Gasteiger partial charge in [-0.2, -0.15) is 5.10 Å². The monoisotopic (exact) mass is 349 g/mol. The van der Waals surface area contributed by atoms with Gasteiger partial charge in [0.1, 0.15) is 5.76 Å². The Morgan fingerprint density at radius 1 is 1.21 bits per heavy atom. The van der Waals surface area contributed by atoms with Crippen LogP contribution in [0.5, 0.6) is 17.2 Å². The van der Waals surface area contributed by atoms with Crippen molar-refractivity contribution in [3.63, 3.8) is 0 Å². The molecular formula is C16H19N3O4S. The summed E-state index contributed by atoms with van der Waals surface area (Å²) in [6.45, 7) is 0.485. The molecule has 0 spiro atoms. The molecule has 2 rings (SSSR count). The zero-order chi connectivity index (χ0) is 17.4. The molecule has 0 aliphatic carbocycles. The van der Waals surface area contributed by atoms with E-state index in [0.717, 1.165) is 11.3 Å². The summed E-state index contributed by atoms with van der Waals surface area (Å²) in [4.78, 5) is 0. The molecule has 128 valence electrons. The van der Waals surface area contributed by atoms with Gasteiger partial charge in [-0.1, -0.05) is 0 Å². The van der Waals surface area contributed by atoms with Gasteiger partial charge in [-0.3, -0.25) is 5.43 Å². The summed E-state index contributed by atoms with van der Waals surface area (Å²) in [5.74, 6) is 2.42. The molecule has 0 saturated heterocycles. The van der Waals surface area contributed by atoms with Crippen LogP contribution in [0.3, 0.4) is 0 Å². The maximum absolute atomic E-state index is 5.29. The second kappa shape index (κ2) is 8.78. The molecule has 0 saturated carbocycles. The van der Waals surface area contributed by atoms with E-state index in [9.17, 15) is 0 Å². The second-order valence-electron chi connectivity index (χ2n) is 4.59. The van der Waals surface area contributed by atoms with Gasteiger partial charge in [0.05, 0.1) is 40.4 Å². The first-order valence-corrected chi connectivity index (χ1v) is 7.48. The summed E-state index contributed by atoms with van der Waals surface area (Å²) in [6.07, 6.45) is 3.21. The Bertz CT molecular complexity index is 676. The highest BCUT2D eigenvalue weighted by Crippen LogP contribution is 2.37. The molecule has 0 fully saturated rings. The van der Waals surface area contributed by atoms with E-state index in [4.69, 9.17) is 30.8 Å². The summed E-state index contributed by atoms with van der Waals surface area (Å²) in [5, 5.41) is 7.45. The first-order chi connectivity index (χ1) is 11.7. The van der Waals surface area contributed by atoms with Crippen LogP contribution in [0.1, 0.15) is 11.3 Å². The number of hydrogen-bond donors (Lipinski definition) is 2. The van der Waals surface area contributed by atoms with Crippen molar-refractivity contribution in [2.45, 2.75) is 6.54 Å². The first-order valence-electron chi connectivity index (χ1n) is 7.07. The predicted molar refractivity (Wildman–Crippen MR) is 95.0 cm³/mol. The van der Waals surface area contributed by atoms with Gasteiger partial charge >= 0.3 is 0 Å². The maximum Gasteiger partial charge on any atom is 0.203 e. The number of benzene rings is 1. The minimum Gasteiger partial charge on any atom is -0.493 e. The van der Waals surface area contributed by atoms with Crippen molar-refractivity contribution in [1.82, 2.24) is 10.7 Å². The van der Waals surface area contributed by atoms with Gasteiger partial charge in [0.15, 0.2) is 16.6 Å². The molecule has 2 N–H and O–H groups in total. The fraction of sp³-hybridized carbons (Fsp3) is 0.250. The lowest BCUT2D eigenvalue weighted by Crippen LogP contribution is -2.31. The zero-order valence-electron chi connectivity index (χ0n) is 13.7. The molecule has 0 atom stereocenters. The van der Waals surface area contributed by atoms with Gasteiger partial charge in [0, 0.05) is 5.56 Å². The number of methoxy groups -OCH3 is 3. The van der Waals surface area contributed by atoms with Crippen LogP contribution in [0.15, 0.2) is 40.0 Å². The molecule has 0 bridgehead atoms. The topological polar surface area (TPSA) is 77.2 Å². The SMILES string of the molecule is COc1cc(C=NNC(=S)NCc2ccco2)cc(OC)c1OC. The van der Waals surface area contributed by atoms with Gasteiger partial charge < -0.3 is 23.9 Å². The molecule has 0 aliphatic rings. The third kappa shape index (κ3) is 4.63. The maximum atomic E-state index is 5.29. The van der Waals surface area contributed by atoms with Gasteiger partial charge in [0.25, 0.3) is 0 Å². The minimum atomic E-state index is 0.384. The Balaban J connectivity index is 1.96. The van der Waals surface area contributed by atoms with Crippen LogP contribution in [0.25, 0.3) is 0 Å². The molecule has 0 unspecified atom stereocenters. The molecule has 2 aromatic rings. The van der Waals surface area contributed by atoms with Gasteiger partial charge in [0.2, 0.25) is 5.75 Å². The molecule has 7 nitrogen and oxygen atoms in total. The van der Waals surface area contributed by atoms with E-state index in [-0.39, 0.29) is 0 Å². The van der Waals surface area contributed by atoms with Gasteiger partial charge in [-0.05, 0) is 36.5 Å². The van der Waals surface area contributed by atoms with Crippen LogP contribution in [-0.2, 0) is 6.54 Å². The predicted octanol–water partition coefficient (Wildman–Crippen LogP) is 2.30. The molecule has 1 aromatic heterocycles. The highest BCUT2D eigenvalue weighted by molar-refractivity contribution is 7.80. The van der Waals surface area contributed by atoms with Crippen molar-refractivity contribution in [3.05, 3.63) is 41.9 Å². The van der Waals surface area contributed by atoms with Crippen molar-refractivity contribution in [1.29, 1.82) is 0 Å². The molecule has 0 aliphatic heterocycles. The van der Waals surface area contributed by atoms with Crippen LogP contribution >= 0.6 is 12.2 Å². The van der Waals surface area contributed by atoms with Crippen LogP contribution in [0.2, 0.25) is 0 Å². The number of thiocarbonyl (C=S) groups is 1. The fourth-order valence-electron chi connectivity index (χ4n) is 1.96. The van der Waals surface area contributed by atoms with Gasteiger partial charge in [-0.25, -0.2) is 0 Å². The van der Waals surface area contributed by atoms with E-state index in [1.807, 2.05) is 12.1 Å². The molecule has 8 heteroatoms. The van der Waals surface area contributed by atoms with Crippen molar-refractivity contribution >= 4 is 23.5 Å². The number of hydrazone groups is 1. The lowest BCUT2D eigenvalue weighted by atomic mass is 10.2. The number of furan rings is 1. The standard InChI is InChI=1S/C16H19N3O4S/c1-20-13-7-11(8-14(21-2)15(13)22-3)9-18-19-16(24)17-10-12-5-4-6-23-12/h4-9H,10H2,1-3H3,(H2,17,19,24). The van der Waals surface area contributed by atoms with E-state index >= 15 is 0 Å². The Morgan fingerprint density at radius 2 is 1.92 bits per heavy atom. The highest BCUT2D eigenvalue weighted by Gasteiger charge is 2.12. The number of hydrogen-bond acceptors (Lipinski definition) is 6. The summed E-state index contributed by atoms with van der Waals surface area (Å²) in [5.41, 5.74) is 3.50. The number of nitrogens with one attached hydrogen (secondary N) is 2. The summed E-state index contributed by atoms with van der Waals surface area (Å²) >= 11 is 5.13. The highest BCUT2D eigenvalue weighted by atomic mass is 32.1. The molecule has 0 amide bonds. The van der Waals surface area contributed by atoms with E-state index in [2.05, 4.69) is 15.8 Å². The third-order valence-electron chi connectivity index (χ3n) is 3.07. The largest absolute Gasteiger partial charge is 0.493 e. The number of nitrogens with zero attached hydrogens (tertiary/aromatic N) is 1. The van der Waals surface area contributed by atoms with Crippen LogP contribution < -0.4 is 25.0 Å². The lowest BCUT2D eigenvalue weighted by Gasteiger charge is -2.12. The summed E-state index contributed by atoms with van der Waals surface area (Å²) in [7, 11) is 4.67. The zero-order valence-corrected chi connectivity index (χ0v) is 14.5. The van der Waals surface area contributed by atoms with Crippen molar-refractivity contribution < 1.29 is 18.6 Å². The van der Waals surface area contributed by atoms with Crippen LogP contribution in [0, 0.1) is 0 Å². The van der Waals surface area contributed by atoms with E-state index in [1.165, 1.54) is 0 Å². The minimum absolute atomic E-state index is 0.384. The average Bonchev–Trinajstić information content (AvgIpc) is 3.12. The Labute approximate surface area is 145 Å². The molecule has 0 radical (unpaired) electrons. The quantitative estimate of drug-likeness (QED) is 0.451. The average molecular weight is 349 g/mol. The van der Waals surface area contributed by atoms with Crippen LogP contribution in [-0.4, -0.2) is 32.7 Å². The van der Waals surface area contributed by atoms with Crippen molar-refractivity contribution in [3.8, 4) is 17.2 Å². The first kappa shape index (κ1) is 17.6. The van der Waals surface area contributed by atoms with Gasteiger partial charge in [-0.15, -0.1) is 0 Å². The van der Waals surface area contributed by atoms with E-state index in [0.29, 0.717) is 28.9 Å². The summed E-state index contributed by atoms with van der Waals surface area (Å²) in [6, 6.07) is 7.24. The summed E-state index contributed by atoms with van der Waals surface area (Å²) < 4.78 is 21.1. The second-order valence-corrected chi connectivity index (χ2v) is 5.00. The Hall–Kier alpha value is -2.74. The Morgan fingerprint density at radius 3 is 2.46 bits per heavy atom. The van der Waals surface area contributed by atoms with Crippen molar-refractivity contribution in [2.24, 2.45) is 5.10 Å².